The van der Waals surface area contributed by atoms with Gasteiger partial charge in [-0.15, -0.1) is 0 Å². The zero-order valence-corrected chi connectivity index (χ0v) is 36.1. The molecule has 0 amide bonds. The van der Waals surface area contributed by atoms with Crippen LogP contribution < -0.4 is 0 Å². The number of para-hydroxylation sites is 1. The second-order valence-corrected chi connectivity index (χ2v) is 17.1. The molecule has 0 saturated heterocycles. The highest BCUT2D eigenvalue weighted by Crippen LogP contribution is 2.45. The van der Waals surface area contributed by atoms with Crippen molar-refractivity contribution in [1.29, 1.82) is 0 Å². The molecule has 0 spiro atoms. The minimum absolute atomic E-state index is 0.0458. The summed E-state index contributed by atoms with van der Waals surface area (Å²) in [5.74, 6) is 0.411. The number of aryl methyl sites for hydroxylation is 1. The van der Waals surface area contributed by atoms with Crippen LogP contribution in [0, 0.1) is 6.92 Å². The van der Waals surface area contributed by atoms with Crippen LogP contribution in [0.1, 0.15) is 94.7 Å². The Balaban J connectivity index is 1.38. The van der Waals surface area contributed by atoms with Crippen LogP contribution in [0.15, 0.2) is 170 Å². The molecule has 0 aliphatic rings. The molecule has 9 rings (SSSR count). The van der Waals surface area contributed by atoms with Crippen molar-refractivity contribution in [3.05, 3.63) is 192 Å². The minimum atomic E-state index is -3.48. The molecule has 4 nitrogen and oxygen atoms in total. The number of hydrogen-bond donors (Lipinski definition) is 1. The molecule has 0 atom stereocenters. The van der Waals surface area contributed by atoms with E-state index in [0.717, 1.165) is 55.8 Å². The number of phenols is 1. The molecule has 63 heavy (non-hydrogen) atoms. The second-order valence-electron chi connectivity index (χ2n) is 17.1. The molecule has 312 valence electrons. The van der Waals surface area contributed by atoms with E-state index in [9.17, 15) is 5.11 Å². The number of aromatic nitrogens is 3. The third-order valence-electron chi connectivity index (χ3n) is 11.9. The first kappa shape index (κ1) is 31.8. The van der Waals surface area contributed by atoms with Gasteiger partial charge in [0.1, 0.15) is 11.6 Å². The van der Waals surface area contributed by atoms with Gasteiger partial charge < -0.3 is 5.11 Å². The van der Waals surface area contributed by atoms with Gasteiger partial charge in [0, 0.05) is 35.2 Å². The molecule has 0 aliphatic heterocycles. The van der Waals surface area contributed by atoms with E-state index in [0.29, 0.717) is 39.2 Å². The van der Waals surface area contributed by atoms with Gasteiger partial charge in [0.25, 0.3) is 0 Å². The molecule has 0 fully saturated rings. The quantitative estimate of drug-likeness (QED) is 0.158. The molecule has 0 bridgehead atoms. The Morgan fingerprint density at radius 2 is 1.24 bits per heavy atom. The van der Waals surface area contributed by atoms with E-state index in [1.54, 1.807) is 30.3 Å². The first-order valence-electron chi connectivity index (χ1n) is 25.9. The van der Waals surface area contributed by atoms with Crippen molar-refractivity contribution < 1.29 is 17.4 Å². The summed E-state index contributed by atoms with van der Waals surface area (Å²) in [6, 6.07) is 52.2. The molecule has 1 N–H and O–H groups in total. The van der Waals surface area contributed by atoms with Crippen molar-refractivity contribution in [2.24, 2.45) is 0 Å². The maximum Gasteiger partial charge on any atom is 0.149 e. The number of benzene rings is 7. The van der Waals surface area contributed by atoms with Crippen molar-refractivity contribution in [1.82, 2.24) is 14.5 Å². The normalized spacial score (nSPS) is 14.6. The van der Waals surface area contributed by atoms with Crippen molar-refractivity contribution in [3.63, 3.8) is 0 Å². The topological polar surface area (TPSA) is 50.9 Å². The maximum absolute atomic E-state index is 12.4. The molecule has 4 heteroatoms. The van der Waals surface area contributed by atoms with Crippen LogP contribution in [0.3, 0.4) is 0 Å². The van der Waals surface area contributed by atoms with E-state index in [1.165, 1.54) is 17.7 Å². The van der Waals surface area contributed by atoms with E-state index in [-0.39, 0.29) is 23.1 Å². The van der Waals surface area contributed by atoms with Crippen LogP contribution in [0.5, 0.6) is 5.75 Å². The van der Waals surface area contributed by atoms with Crippen LogP contribution in [0.4, 0.5) is 0 Å². The van der Waals surface area contributed by atoms with Crippen LogP contribution in [0.2, 0.25) is 0 Å². The van der Waals surface area contributed by atoms with Gasteiger partial charge in [-0.3, -0.25) is 9.55 Å². The van der Waals surface area contributed by atoms with Gasteiger partial charge in [-0.1, -0.05) is 163 Å². The monoisotopic (exact) mass is 830 g/mol. The van der Waals surface area contributed by atoms with Gasteiger partial charge in [-0.2, -0.15) is 0 Å². The first-order valence-corrected chi connectivity index (χ1v) is 21.4. The second kappa shape index (κ2) is 16.7. The van der Waals surface area contributed by atoms with Crippen molar-refractivity contribution in [2.75, 3.05) is 0 Å². The van der Waals surface area contributed by atoms with Crippen LogP contribution >= 0.6 is 0 Å². The standard InChI is InChI=1S/C59H55N3O/c1-37(2)44-33-50(38(3)4)57(63)52(34-44)58-61-56-49(20-15-21-55(56)62(58)54-27-26-48(59(6,7)8)36-51(54)42-18-13-10-14-19-42)46-30-45(40-16-11-9-12-17-40)31-47(32-46)53-35-43(28-29-60-53)41-24-22-39(5)23-25-41/h9-38,63H,1-8H3/i6D3,7D3,8D3. The fourth-order valence-corrected chi connectivity index (χ4v) is 8.44. The van der Waals surface area contributed by atoms with Crippen molar-refractivity contribution in [3.8, 4) is 78.6 Å². The van der Waals surface area contributed by atoms with Gasteiger partial charge in [0.05, 0.1) is 28.0 Å². The number of rotatable bonds is 9. The highest BCUT2D eigenvalue weighted by atomic mass is 16.3. The van der Waals surface area contributed by atoms with E-state index in [2.05, 4.69) is 81.4 Å². The van der Waals surface area contributed by atoms with Gasteiger partial charge >= 0.3 is 0 Å². The zero-order chi connectivity index (χ0) is 51.5. The molecular formula is C59H55N3O. The minimum Gasteiger partial charge on any atom is -0.507 e. The Bertz CT molecular complexity index is 3410. The third kappa shape index (κ3) is 8.10. The molecular weight excluding hydrogens is 767 g/mol. The highest BCUT2D eigenvalue weighted by molar-refractivity contribution is 5.98. The molecule has 0 unspecified atom stereocenters. The predicted octanol–water partition coefficient (Wildman–Crippen LogP) is 16.0. The molecule has 2 aromatic heterocycles. The lowest BCUT2D eigenvalue weighted by Crippen LogP contribution is -2.12. The zero-order valence-electron chi connectivity index (χ0n) is 45.1. The summed E-state index contributed by atoms with van der Waals surface area (Å²) in [5, 5.41) is 12.4. The van der Waals surface area contributed by atoms with Crippen LogP contribution in [-0.4, -0.2) is 19.6 Å². The van der Waals surface area contributed by atoms with Crippen LogP contribution in [-0.2, 0) is 5.41 Å². The van der Waals surface area contributed by atoms with Crippen molar-refractivity contribution >= 4 is 11.0 Å². The SMILES string of the molecule is [2H]C([2H])([2H])C(c1ccc(-n2c(-c3cc(C(C)C)cc(C(C)C)c3O)nc3c(-c4cc(-c5ccccc5)cc(-c5cc(-c6ccc(C)cc6)ccn5)c4)cccc32)c(-c2ccccc2)c1)(C([2H])([2H])[2H])C([2H])([2H])[2H]. The summed E-state index contributed by atoms with van der Waals surface area (Å²) in [6.07, 6.45) is 1.82. The van der Waals surface area contributed by atoms with Gasteiger partial charge in [-0.05, 0) is 129 Å². The summed E-state index contributed by atoms with van der Waals surface area (Å²) in [4.78, 5) is 10.4. The summed E-state index contributed by atoms with van der Waals surface area (Å²) >= 11 is 0. The lowest BCUT2D eigenvalue weighted by Gasteiger charge is -2.23. The lowest BCUT2D eigenvalue weighted by molar-refractivity contribution is 0.466. The number of imidazole rings is 1. The van der Waals surface area contributed by atoms with Crippen molar-refractivity contribution in [2.45, 2.75) is 72.4 Å². The fraction of sp³-hybridized carbons (Fsp3) is 0.186. The molecule has 0 saturated carbocycles. The predicted molar refractivity (Wildman–Crippen MR) is 265 cm³/mol. The van der Waals surface area contributed by atoms with Gasteiger partial charge in [-0.25, -0.2) is 4.98 Å². The number of nitrogens with zero attached hydrogens (tertiary/aromatic N) is 3. The smallest absolute Gasteiger partial charge is 0.149 e. The summed E-state index contributed by atoms with van der Waals surface area (Å²) < 4.78 is 79.4. The first-order chi connectivity index (χ1) is 34.1. The summed E-state index contributed by atoms with van der Waals surface area (Å²) in [6.45, 7) is -0.176. The average Bonchev–Trinajstić information content (AvgIpc) is 3.73. The lowest BCUT2D eigenvalue weighted by atomic mass is 9.85. The number of pyridine rings is 1. The molecule has 0 radical (unpaired) electrons. The highest BCUT2D eigenvalue weighted by Gasteiger charge is 2.26. The number of aromatic hydroxyl groups is 1. The van der Waals surface area contributed by atoms with E-state index < -0.39 is 26.0 Å². The fourth-order valence-electron chi connectivity index (χ4n) is 8.44. The number of fused-ring (bicyclic) bond motifs is 1. The van der Waals surface area contributed by atoms with Gasteiger partial charge in [0.15, 0.2) is 0 Å². The Morgan fingerprint density at radius 3 is 1.94 bits per heavy atom. The molecule has 0 aliphatic carbocycles. The molecule has 9 aromatic rings. The number of phenolic OH excluding ortho intramolecular Hbond substituents is 1. The Morgan fingerprint density at radius 1 is 0.556 bits per heavy atom. The van der Waals surface area contributed by atoms with E-state index in [1.807, 2.05) is 85.3 Å². The average molecular weight is 831 g/mol. The van der Waals surface area contributed by atoms with Crippen LogP contribution in [0.25, 0.3) is 83.9 Å². The largest absolute Gasteiger partial charge is 0.507 e. The Kier molecular flexibility index (Phi) is 8.41. The summed E-state index contributed by atoms with van der Waals surface area (Å²) in [5.41, 5.74) is 9.58. The third-order valence-corrected chi connectivity index (χ3v) is 11.9. The molecule has 2 heterocycles. The number of hydrogen-bond acceptors (Lipinski definition) is 3. The summed E-state index contributed by atoms with van der Waals surface area (Å²) in [7, 11) is 0. The van der Waals surface area contributed by atoms with E-state index in [4.69, 9.17) is 22.3 Å². The Hall–Kier alpha value is -7.04. The maximum atomic E-state index is 12.4. The Labute approximate surface area is 385 Å². The van der Waals surface area contributed by atoms with Gasteiger partial charge in [0.2, 0.25) is 0 Å². The molecule has 7 aromatic carbocycles. The van der Waals surface area contributed by atoms with E-state index >= 15 is 0 Å².